The molecular weight excluding hydrogens is 416 g/mol. The Bertz CT molecular complexity index is 646. The van der Waals surface area contributed by atoms with Crippen molar-refractivity contribution in [3.05, 3.63) is 12.2 Å². The van der Waals surface area contributed by atoms with Gasteiger partial charge in [0.25, 0.3) is 0 Å². The molecular formula is C23H34F4O4. The summed E-state index contributed by atoms with van der Waals surface area (Å²) in [7, 11) is 0. The smallest absolute Gasteiger partial charge is 0.397 e. The second-order valence-electron chi connectivity index (χ2n) is 9.50. The molecule has 178 valence electrons. The van der Waals surface area contributed by atoms with Gasteiger partial charge in [-0.25, -0.2) is 9.18 Å². The molecule has 0 aromatic heterocycles. The average Bonchev–Trinajstić information content (AvgIpc) is 3.17. The third-order valence-electron chi connectivity index (χ3n) is 7.24. The van der Waals surface area contributed by atoms with Crippen LogP contribution in [0.15, 0.2) is 12.2 Å². The molecule has 4 nitrogen and oxygen atoms in total. The van der Waals surface area contributed by atoms with E-state index in [-0.39, 0.29) is 18.3 Å². The van der Waals surface area contributed by atoms with Gasteiger partial charge in [0, 0.05) is 12.5 Å². The van der Waals surface area contributed by atoms with Gasteiger partial charge in [-0.1, -0.05) is 38.8 Å². The number of halogens is 4. The zero-order valence-electron chi connectivity index (χ0n) is 18.5. The number of hydrogen-bond donors (Lipinski definition) is 0. The molecule has 1 aliphatic carbocycles. The van der Waals surface area contributed by atoms with Crippen LogP contribution in [-0.2, 0) is 19.0 Å². The Morgan fingerprint density at radius 2 is 2.03 bits per heavy atom. The molecule has 0 bridgehead atoms. The summed E-state index contributed by atoms with van der Waals surface area (Å²) in [4.78, 5) is 11.6. The van der Waals surface area contributed by atoms with Gasteiger partial charge in [0.2, 0.25) is 6.17 Å². The minimum Gasteiger partial charge on any atom is -0.460 e. The van der Waals surface area contributed by atoms with Gasteiger partial charge in [-0.05, 0) is 50.9 Å². The van der Waals surface area contributed by atoms with E-state index < -0.39 is 48.1 Å². The summed E-state index contributed by atoms with van der Waals surface area (Å²) < 4.78 is 73.8. The van der Waals surface area contributed by atoms with E-state index in [0.29, 0.717) is 32.3 Å². The van der Waals surface area contributed by atoms with Gasteiger partial charge in [0.1, 0.15) is 6.10 Å². The molecule has 3 fully saturated rings. The molecule has 31 heavy (non-hydrogen) atoms. The lowest BCUT2D eigenvalue weighted by atomic mass is 9.77. The van der Waals surface area contributed by atoms with Gasteiger partial charge < -0.3 is 14.2 Å². The van der Waals surface area contributed by atoms with Crippen LogP contribution in [0.1, 0.15) is 65.7 Å². The lowest BCUT2D eigenvalue weighted by Crippen LogP contribution is -2.47. The molecule has 2 aliphatic heterocycles. The molecule has 2 saturated heterocycles. The van der Waals surface area contributed by atoms with Crippen LogP contribution in [0.4, 0.5) is 17.6 Å². The summed E-state index contributed by atoms with van der Waals surface area (Å²) in [5.41, 5.74) is -2.10. The van der Waals surface area contributed by atoms with E-state index in [0.717, 1.165) is 12.8 Å². The Morgan fingerprint density at radius 3 is 2.65 bits per heavy atom. The van der Waals surface area contributed by atoms with Crippen LogP contribution in [0, 0.1) is 23.2 Å². The molecule has 0 radical (unpaired) electrons. The number of fused-ring (bicyclic) bond motifs is 1. The van der Waals surface area contributed by atoms with Crippen molar-refractivity contribution in [3.8, 4) is 0 Å². The third kappa shape index (κ3) is 5.10. The average molecular weight is 451 g/mol. The summed E-state index contributed by atoms with van der Waals surface area (Å²) in [5, 5.41) is 0. The lowest BCUT2D eigenvalue weighted by molar-refractivity contribution is -0.279. The molecule has 0 N–H and O–H groups in total. The SMILES string of the molecule is CCCCC(C)(C(C=C[C@H]1[C@H]2[C@@H](C[C@@H]1C)OC(=O)[C@@H]2F)OC1CCCCO1)C(F)(F)F. The van der Waals surface area contributed by atoms with Crippen LogP contribution in [0.3, 0.4) is 0 Å². The van der Waals surface area contributed by atoms with Crippen LogP contribution in [0.5, 0.6) is 0 Å². The number of alkyl halides is 4. The number of carbonyl (C=O) groups excluding carboxylic acids is 1. The maximum Gasteiger partial charge on any atom is 0.397 e. The standard InChI is InChI=1S/C23H34F4O4/c1-4-5-11-22(3,23(25,26)27)17(31-18-8-6-7-12-29-18)10-9-15-14(2)13-16-19(15)20(24)21(28)30-16/h9-10,14-20H,4-8,11-13H2,1-3H3/t14-,15+,16+,17?,18?,19-,20+,22?/m0/s1. The number of hydrogen-bond acceptors (Lipinski definition) is 4. The molecule has 0 aromatic carbocycles. The molecule has 8 atom stereocenters. The first kappa shape index (κ1) is 24.5. The predicted octanol–water partition coefficient (Wildman–Crippen LogP) is 5.75. The zero-order chi connectivity index (χ0) is 22.8. The van der Waals surface area contributed by atoms with E-state index in [1.165, 1.54) is 13.0 Å². The Hall–Kier alpha value is -1.15. The third-order valence-corrected chi connectivity index (χ3v) is 7.24. The second-order valence-corrected chi connectivity index (χ2v) is 9.50. The molecule has 1 saturated carbocycles. The van der Waals surface area contributed by atoms with Gasteiger partial charge in [0.15, 0.2) is 6.29 Å². The number of esters is 1. The van der Waals surface area contributed by atoms with Crippen LogP contribution >= 0.6 is 0 Å². The van der Waals surface area contributed by atoms with Crippen LogP contribution in [0.25, 0.3) is 0 Å². The predicted molar refractivity (Wildman–Crippen MR) is 107 cm³/mol. The summed E-state index contributed by atoms with van der Waals surface area (Å²) in [6.07, 6.45) is -1.87. The Morgan fingerprint density at radius 1 is 1.29 bits per heavy atom. The Balaban J connectivity index is 1.87. The largest absolute Gasteiger partial charge is 0.460 e. The maximum atomic E-state index is 14.4. The van der Waals surface area contributed by atoms with Gasteiger partial charge in [-0.15, -0.1) is 0 Å². The van der Waals surface area contributed by atoms with Crippen molar-refractivity contribution < 1.29 is 36.6 Å². The van der Waals surface area contributed by atoms with Gasteiger partial charge in [-0.2, -0.15) is 13.2 Å². The van der Waals surface area contributed by atoms with Gasteiger partial charge in [-0.3, -0.25) is 0 Å². The highest BCUT2D eigenvalue weighted by molar-refractivity contribution is 5.77. The fraction of sp³-hybridized carbons (Fsp3) is 0.870. The fourth-order valence-electron chi connectivity index (χ4n) is 5.12. The summed E-state index contributed by atoms with van der Waals surface area (Å²) >= 11 is 0. The van der Waals surface area contributed by atoms with Crippen molar-refractivity contribution >= 4 is 5.97 Å². The second kappa shape index (κ2) is 9.77. The molecule has 8 heteroatoms. The van der Waals surface area contributed by atoms with Crippen LogP contribution < -0.4 is 0 Å². The number of carbonyl (C=O) groups is 1. The number of unbranched alkanes of at least 4 members (excludes halogenated alkanes) is 1. The van der Waals surface area contributed by atoms with Gasteiger partial charge >= 0.3 is 12.1 Å². The van der Waals surface area contributed by atoms with E-state index in [4.69, 9.17) is 14.2 Å². The summed E-state index contributed by atoms with van der Waals surface area (Å²) in [6.45, 7) is 5.42. The molecule has 3 aliphatic rings. The van der Waals surface area contributed by atoms with E-state index in [2.05, 4.69) is 0 Å². The molecule has 0 spiro atoms. The van der Waals surface area contributed by atoms with Crippen molar-refractivity contribution in [2.75, 3.05) is 6.61 Å². The molecule has 0 amide bonds. The topological polar surface area (TPSA) is 44.8 Å². The van der Waals surface area contributed by atoms with Crippen LogP contribution in [-0.4, -0.2) is 43.4 Å². The first-order chi connectivity index (χ1) is 14.6. The lowest BCUT2D eigenvalue weighted by Gasteiger charge is -2.40. The van der Waals surface area contributed by atoms with Crippen molar-refractivity contribution in [1.29, 1.82) is 0 Å². The Kier molecular flexibility index (Phi) is 7.72. The first-order valence-corrected chi connectivity index (χ1v) is 11.4. The number of allylic oxidation sites excluding steroid dienone is 1. The zero-order valence-corrected chi connectivity index (χ0v) is 18.5. The minimum atomic E-state index is -4.48. The maximum absolute atomic E-state index is 14.4. The van der Waals surface area contributed by atoms with Crippen molar-refractivity contribution in [1.82, 2.24) is 0 Å². The molecule has 3 rings (SSSR count). The molecule has 0 aromatic rings. The highest BCUT2D eigenvalue weighted by atomic mass is 19.4. The minimum absolute atomic E-state index is 0.00281. The van der Waals surface area contributed by atoms with E-state index in [1.807, 2.05) is 13.8 Å². The van der Waals surface area contributed by atoms with E-state index in [1.54, 1.807) is 6.08 Å². The van der Waals surface area contributed by atoms with Crippen molar-refractivity contribution in [2.24, 2.45) is 23.2 Å². The summed E-state index contributed by atoms with van der Waals surface area (Å²) in [5.74, 6) is -1.91. The first-order valence-electron chi connectivity index (χ1n) is 11.4. The fourth-order valence-corrected chi connectivity index (χ4v) is 5.12. The van der Waals surface area contributed by atoms with Crippen LogP contribution in [0.2, 0.25) is 0 Å². The quantitative estimate of drug-likeness (QED) is 0.268. The highest BCUT2D eigenvalue weighted by Gasteiger charge is 2.57. The summed E-state index contributed by atoms with van der Waals surface area (Å²) in [6, 6.07) is 0. The number of ether oxygens (including phenoxy) is 3. The van der Waals surface area contributed by atoms with E-state index >= 15 is 0 Å². The number of rotatable bonds is 8. The van der Waals surface area contributed by atoms with E-state index in [9.17, 15) is 22.4 Å². The van der Waals surface area contributed by atoms with Crippen molar-refractivity contribution in [3.63, 3.8) is 0 Å². The monoisotopic (exact) mass is 450 g/mol. The molecule has 3 unspecified atom stereocenters. The Labute approximate surface area is 181 Å². The molecule has 2 heterocycles. The van der Waals surface area contributed by atoms with Crippen molar-refractivity contribution in [2.45, 2.75) is 96.6 Å². The normalized spacial score (nSPS) is 36.9. The van der Waals surface area contributed by atoms with Gasteiger partial charge in [0.05, 0.1) is 11.5 Å². The highest BCUT2D eigenvalue weighted by Crippen LogP contribution is 2.49.